The minimum atomic E-state index is -0.771. The Morgan fingerprint density at radius 1 is 1.42 bits per heavy atom. The molecule has 2 rings (SSSR count). The van der Waals surface area contributed by atoms with E-state index < -0.39 is 5.97 Å². The van der Waals surface area contributed by atoms with Crippen LogP contribution in [0.2, 0.25) is 0 Å². The van der Waals surface area contributed by atoms with Crippen LogP contribution in [0.25, 0.3) is 6.08 Å². The third-order valence-electron chi connectivity index (χ3n) is 3.21. The normalized spacial score (nSPS) is 20.7. The minimum absolute atomic E-state index is 0.0216. The Bertz CT molecular complexity index is 430. The number of carbonyl (C=O) groups is 1. The molecule has 1 N–H and O–H groups in total. The largest absolute Gasteiger partial charge is 0.481 e. The van der Waals surface area contributed by atoms with Gasteiger partial charge >= 0.3 is 5.97 Å². The van der Waals surface area contributed by atoms with Crippen molar-refractivity contribution in [3.05, 3.63) is 42.0 Å². The van der Waals surface area contributed by atoms with Gasteiger partial charge in [0.2, 0.25) is 0 Å². The highest BCUT2D eigenvalue weighted by Crippen LogP contribution is 2.11. The van der Waals surface area contributed by atoms with Crippen LogP contribution in [-0.2, 0) is 9.53 Å². The van der Waals surface area contributed by atoms with Gasteiger partial charge in [-0.05, 0) is 5.56 Å². The van der Waals surface area contributed by atoms with Gasteiger partial charge in [0.25, 0.3) is 0 Å². The smallest absolute Gasteiger partial charge is 0.305 e. The first-order chi connectivity index (χ1) is 9.25. The van der Waals surface area contributed by atoms with E-state index in [1.807, 2.05) is 30.3 Å². The van der Waals surface area contributed by atoms with Gasteiger partial charge in [-0.1, -0.05) is 42.5 Å². The third-order valence-corrected chi connectivity index (χ3v) is 3.21. The van der Waals surface area contributed by atoms with E-state index in [2.05, 4.69) is 17.1 Å². The van der Waals surface area contributed by atoms with Gasteiger partial charge in [-0.25, -0.2) is 0 Å². The molecule has 0 unspecified atom stereocenters. The lowest BCUT2D eigenvalue weighted by molar-refractivity contribution is -0.140. The van der Waals surface area contributed by atoms with E-state index in [0.29, 0.717) is 13.2 Å². The van der Waals surface area contributed by atoms with Crippen LogP contribution in [-0.4, -0.2) is 48.3 Å². The number of carboxylic acids is 1. The van der Waals surface area contributed by atoms with E-state index in [9.17, 15) is 4.79 Å². The zero-order valence-electron chi connectivity index (χ0n) is 10.9. The summed E-state index contributed by atoms with van der Waals surface area (Å²) in [6.07, 6.45) is 4.28. The second kappa shape index (κ2) is 7.07. The zero-order valence-corrected chi connectivity index (χ0v) is 10.9. The predicted molar refractivity (Wildman–Crippen MR) is 73.9 cm³/mol. The van der Waals surface area contributed by atoms with E-state index in [0.717, 1.165) is 18.7 Å². The third kappa shape index (κ3) is 4.50. The summed E-state index contributed by atoms with van der Waals surface area (Å²) in [5.74, 6) is -0.771. The first-order valence-corrected chi connectivity index (χ1v) is 6.51. The first-order valence-electron chi connectivity index (χ1n) is 6.51. The second-order valence-electron chi connectivity index (χ2n) is 4.63. The summed E-state index contributed by atoms with van der Waals surface area (Å²) in [7, 11) is 0. The highest BCUT2D eigenvalue weighted by atomic mass is 16.5. The van der Waals surface area contributed by atoms with Crippen LogP contribution in [0, 0.1) is 0 Å². The number of benzene rings is 1. The average molecular weight is 261 g/mol. The van der Waals surface area contributed by atoms with Crippen molar-refractivity contribution in [3.63, 3.8) is 0 Å². The number of morpholine rings is 1. The molecule has 0 saturated carbocycles. The van der Waals surface area contributed by atoms with Gasteiger partial charge in [0.1, 0.15) is 0 Å². The average Bonchev–Trinajstić information content (AvgIpc) is 2.41. The highest BCUT2D eigenvalue weighted by Gasteiger charge is 2.24. The molecule has 0 radical (unpaired) electrons. The molecule has 19 heavy (non-hydrogen) atoms. The predicted octanol–water partition coefficient (Wildman–Crippen LogP) is 1.88. The number of nitrogens with zero attached hydrogens (tertiary/aromatic N) is 1. The molecule has 0 aromatic heterocycles. The zero-order chi connectivity index (χ0) is 13.5. The van der Waals surface area contributed by atoms with Gasteiger partial charge in [-0.2, -0.15) is 0 Å². The Morgan fingerprint density at radius 3 is 2.95 bits per heavy atom. The highest BCUT2D eigenvalue weighted by molar-refractivity contribution is 5.67. The Kier molecular flexibility index (Phi) is 5.12. The fourth-order valence-electron chi connectivity index (χ4n) is 2.21. The molecule has 102 valence electrons. The van der Waals surface area contributed by atoms with Crippen LogP contribution in [0.4, 0.5) is 0 Å². The fourth-order valence-corrected chi connectivity index (χ4v) is 2.21. The molecular formula is C15H19NO3. The maximum Gasteiger partial charge on any atom is 0.305 e. The van der Waals surface area contributed by atoms with Gasteiger partial charge in [-0.15, -0.1) is 0 Å². The Morgan fingerprint density at radius 2 is 2.21 bits per heavy atom. The lowest BCUT2D eigenvalue weighted by atomic mass is 10.1. The maximum absolute atomic E-state index is 10.8. The van der Waals surface area contributed by atoms with Crippen molar-refractivity contribution in [2.75, 3.05) is 26.3 Å². The molecule has 0 aliphatic carbocycles. The monoisotopic (exact) mass is 261 g/mol. The fraction of sp³-hybridized carbons (Fsp3) is 0.400. The van der Waals surface area contributed by atoms with E-state index in [1.54, 1.807) is 0 Å². The van der Waals surface area contributed by atoms with E-state index in [1.165, 1.54) is 0 Å². The number of aliphatic carboxylic acids is 1. The summed E-state index contributed by atoms with van der Waals surface area (Å²) in [5, 5.41) is 8.89. The molecule has 0 amide bonds. The lowest BCUT2D eigenvalue weighted by Gasteiger charge is -2.33. The maximum atomic E-state index is 10.8. The van der Waals surface area contributed by atoms with E-state index in [4.69, 9.17) is 9.84 Å². The standard InChI is InChI=1S/C15H19NO3/c17-15(18)11-14-12-19-10-9-16(14)8-4-7-13-5-2-1-3-6-13/h1-7,14H,8-12H2,(H,17,18)/b7-4+/t14-/m0/s1. The summed E-state index contributed by atoms with van der Waals surface area (Å²) in [6, 6.07) is 10.1. The Labute approximate surface area is 113 Å². The van der Waals surface area contributed by atoms with Crippen LogP contribution < -0.4 is 0 Å². The van der Waals surface area contributed by atoms with Crippen molar-refractivity contribution in [2.24, 2.45) is 0 Å². The molecular weight excluding hydrogens is 242 g/mol. The molecule has 0 bridgehead atoms. The van der Waals surface area contributed by atoms with Gasteiger partial charge in [0, 0.05) is 19.1 Å². The van der Waals surface area contributed by atoms with Crippen LogP contribution >= 0.6 is 0 Å². The summed E-state index contributed by atoms with van der Waals surface area (Å²) in [4.78, 5) is 13.0. The van der Waals surface area contributed by atoms with Crippen LogP contribution in [0.15, 0.2) is 36.4 Å². The number of carboxylic acid groups (broad SMARTS) is 1. The van der Waals surface area contributed by atoms with Crippen molar-refractivity contribution in [1.82, 2.24) is 4.90 Å². The molecule has 4 heteroatoms. The molecule has 1 aromatic carbocycles. The molecule has 1 fully saturated rings. The summed E-state index contributed by atoms with van der Waals surface area (Å²) < 4.78 is 5.35. The summed E-state index contributed by atoms with van der Waals surface area (Å²) in [5.41, 5.74) is 1.16. The number of ether oxygens (including phenoxy) is 1. The molecule has 1 atom stereocenters. The molecule has 1 aromatic rings. The van der Waals surface area contributed by atoms with Gasteiger partial charge in [0.15, 0.2) is 0 Å². The van der Waals surface area contributed by atoms with Gasteiger partial charge in [0.05, 0.1) is 19.6 Å². The first kappa shape index (κ1) is 13.8. The molecule has 1 aliphatic heterocycles. The molecule has 1 saturated heterocycles. The molecule has 1 aliphatic rings. The molecule has 4 nitrogen and oxygen atoms in total. The number of hydrogen-bond acceptors (Lipinski definition) is 3. The van der Waals surface area contributed by atoms with Crippen LogP contribution in [0.1, 0.15) is 12.0 Å². The Balaban J connectivity index is 1.89. The topological polar surface area (TPSA) is 49.8 Å². The van der Waals surface area contributed by atoms with E-state index in [-0.39, 0.29) is 12.5 Å². The van der Waals surface area contributed by atoms with Gasteiger partial charge in [-0.3, -0.25) is 9.69 Å². The second-order valence-corrected chi connectivity index (χ2v) is 4.63. The van der Waals surface area contributed by atoms with Crippen molar-refractivity contribution in [3.8, 4) is 0 Å². The number of hydrogen-bond donors (Lipinski definition) is 1. The molecule has 0 spiro atoms. The van der Waals surface area contributed by atoms with Crippen molar-refractivity contribution >= 4 is 12.0 Å². The molecule has 1 heterocycles. The Hall–Kier alpha value is -1.65. The van der Waals surface area contributed by atoms with Crippen LogP contribution in [0.3, 0.4) is 0 Å². The quantitative estimate of drug-likeness (QED) is 0.879. The SMILES string of the molecule is O=C(O)C[C@H]1COCCN1C/C=C/c1ccccc1. The lowest BCUT2D eigenvalue weighted by Crippen LogP contribution is -2.46. The van der Waals surface area contributed by atoms with Crippen molar-refractivity contribution < 1.29 is 14.6 Å². The van der Waals surface area contributed by atoms with E-state index >= 15 is 0 Å². The van der Waals surface area contributed by atoms with Crippen LogP contribution in [0.5, 0.6) is 0 Å². The summed E-state index contributed by atoms with van der Waals surface area (Å²) in [6.45, 7) is 2.73. The minimum Gasteiger partial charge on any atom is -0.481 e. The van der Waals surface area contributed by atoms with Crippen molar-refractivity contribution in [1.29, 1.82) is 0 Å². The van der Waals surface area contributed by atoms with Gasteiger partial charge < -0.3 is 9.84 Å². The van der Waals surface area contributed by atoms with Crippen molar-refractivity contribution in [2.45, 2.75) is 12.5 Å². The summed E-state index contributed by atoms with van der Waals surface area (Å²) >= 11 is 0. The number of rotatable bonds is 5.